The molecular weight excluding hydrogens is 258 g/mol. The molecule has 1 atom stereocenters. The van der Waals surface area contributed by atoms with E-state index in [2.05, 4.69) is 15.6 Å². The molecule has 1 aromatic rings. The molecule has 1 aliphatic rings. The molecule has 1 fully saturated rings. The van der Waals surface area contributed by atoms with Crippen molar-refractivity contribution in [3.63, 3.8) is 0 Å². The van der Waals surface area contributed by atoms with Gasteiger partial charge in [-0.1, -0.05) is 6.07 Å². The topological polar surface area (TPSA) is 91.3 Å². The first-order valence-electron chi connectivity index (χ1n) is 6.71. The van der Waals surface area contributed by atoms with Crippen molar-refractivity contribution in [2.45, 2.75) is 31.7 Å². The first-order valence-corrected chi connectivity index (χ1v) is 6.71. The van der Waals surface area contributed by atoms with E-state index < -0.39 is 17.5 Å². The van der Waals surface area contributed by atoms with E-state index in [0.29, 0.717) is 13.0 Å². The number of hydrogen-bond acceptors (Lipinski definition) is 3. The third-order valence-electron chi connectivity index (χ3n) is 3.60. The van der Waals surface area contributed by atoms with Gasteiger partial charge in [-0.15, -0.1) is 0 Å². The third kappa shape index (κ3) is 3.46. The maximum absolute atomic E-state index is 11.8. The molecule has 2 rings (SSSR count). The summed E-state index contributed by atoms with van der Waals surface area (Å²) in [7, 11) is 0. The second-order valence-corrected chi connectivity index (χ2v) is 5.23. The molecule has 6 heteroatoms. The maximum Gasteiger partial charge on any atom is 0.329 e. The van der Waals surface area contributed by atoms with Gasteiger partial charge in [0.05, 0.1) is 0 Å². The van der Waals surface area contributed by atoms with Crippen LogP contribution in [0, 0.1) is 5.92 Å². The SMILES string of the molecule is CC(NC(=O)NCCc1ccccn1)(C(=O)O)C1CC1. The number of aromatic nitrogens is 1. The molecule has 1 aromatic heterocycles. The summed E-state index contributed by atoms with van der Waals surface area (Å²) in [5.74, 6) is -0.957. The molecule has 1 heterocycles. The predicted octanol–water partition coefficient (Wildman–Crippen LogP) is 1.18. The summed E-state index contributed by atoms with van der Waals surface area (Å²) in [5.41, 5.74) is -0.286. The van der Waals surface area contributed by atoms with Crippen LogP contribution in [0.3, 0.4) is 0 Å². The van der Waals surface area contributed by atoms with Crippen molar-refractivity contribution in [2.75, 3.05) is 6.54 Å². The summed E-state index contributed by atoms with van der Waals surface area (Å²) in [5, 5.41) is 14.5. The molecule has 0 radical (unpaired) electrons. The van der Waals surface area contributed by atoms with Crippen molar-refractivity contribution in [2.24, 2.45) is 5.92 Å². The maximum atomic E-state index is 11.8. The van der Waals surface area contributed by atoms with Crippen LogP contribution >= 0.6 is 0 Å². The largest absolute Gasteiger partial charge is 0.480 e. The van der Waals surface area contributed by atoms with Gasteiger partial charge in [-0.3, -0.25) is 4.98 Å². The van der Waals surface area contributed by atoms with E-state index in [1.165, 1.54) is 0 Å². The zero-order valence-corrected chi connectivity index (χ0v) is 11.4. The number of nitrogens with one attached hydrogen (secondary N) is 2. The Balaban J connectivity index is 1.79. The first-order chi connectivity index (χ1) is 9.52. The number of amides is 2. The van der Waals surface area contributed by atoms with Gasteiger partial charge in [0.15, 0.2) is 0 Å². The van der Waals surface area contributed by atoms with Gasteiger partial charge in [0.25, 0.3) is 0 Å². The number of carbonyl (C=O) groups is 2. The van der Waals surface area contributed by atoms with Crippen LogP contribution in [-0.4, -0.2) is 34.2 Å². The third-order valence-corrected chi connectivity index (χ3v) is 3.60. The van der Waals surface area contributed by atoms with Gasteiger partial charge in [-0.25, -0.2) is 9.59 Å². The normalized spacial score (nSPS) is 17.1. The van der Waals surface area contributed by atoms with Crippen LogP contribution in [0.5, 0.6) is 0 Å². The zero-order chi connectivity index (χ0) is 14.6. The average molecular weight is 277 g/mol. The van der Waals surface area contributed by atoms with Crippen LogP contribution in [-0.2, 0) is 11.2 Å². The molecule has 0 aromatic carbocycles. The number of nitrogens with zero attached hydrogens (tertiary/aromatic N) is 1. The molecule has 1 unspecified atom stereocenters. The summed E-state index contributed by atoms with van der Waals surface area (Å²) in [6.07, 6.45) is 4.00. The van der Waals surface area contributed by atoms with Crippen molar-refractivity contribution in [3.8, 4) is 0 Å². The Morgan fingerprint density at radius 1 is 1.45 bits per heavy atom. The molecule has 2 amide bonds. The summed E-state index contributed by atoms with van der Waals surface area (Å²) in [4.78, 5) is 27.2. The highest BCUT2D eigenvalue weighted by Gasteiger charge is 2.48. The fourth-order valence-electron chi connectivity index (χ4n) is 2.12. The fourth-order valence-corrected chi connectivity index (χ4v) is 2.12. The molecule has 108 valence electrons. The van der Waals surface area contributed by atoms with Crippen molar-refractivity contribution in [3.05, 3.63) is 30.1 Å². The fraction of sp³-hybridized carbons (Fsp3) is 0.500. The minimum atomic E-state index is -1.17. The lowest BCUT2D eigenvalue weighted by Gasteiger charge is -2.26. The highest BCUT2D eigenvalue weighted by molar-refractivity contribution is 5.86. The molecule has 0 spiro atoms. The number of carboxylic acids is 1. The van der Waals surface area contributed by atoms with E-state index in [0.717, 1.165) is 18.5 Å². The Labute approximate surface area is 117 Å². The van der Waals surface area contributed by atoms with Gasteiger partial charge in [0.2, 0.25) is 0 Å². The monoisotopic (exact) mass is 277 g/mol. The number of carbonyl (C=O) groups excluding carboxylic acids is 1. The van der Waals surface area contributed by atoms with Gasteiger partial charge in [-0.05, 0) is 37.8 Å². The second-order valence-electron chi connectivity index (χ2n) is 5.23. The Hall–Kier alpha value is -2.11. The van der Waals surface area contributed by atoms with Crippen LogP contribution in [0.1, 0.15) is 25.5 Å². The highest BCUT2D eigenvalue weighted by atomic mass is 16.4. The molecule has 3 N–H and O–H groups in total. The Morgan fingerprint density at radius 2 is 2.20 bits per heavy atom. The Bertz CT molecular complexity index is 488. The lowest BCUT2D eigenvalue weighted by Crippen LogP contribution is -2.56. The van der Waals surface area contributed by atoms with Crippen molar-refractivity contribution in [1.29, 1.82) is 0 Å². The average Bonchev–Trinajstić information content (AvgIpc) is 3.24. The first kappa shape index (κ1) is 14.3. The van der Waals surface area contributed by atoms with Crippen molar-refractivity contribution >= 4 is 12.0 Å². The number of aliphatic carboxylic acids is 1. The van der Waals surface area contributed by atoms with Gasteiger partial charge < -0.3 is 15.7 Å². The summed E-state index contributed by atoms with van der Waals surface area (Å²) >= 11 is 0. The molecule has 1 aliphatic carbocycles. The number of rotatable bonds is 6. The van der Waals surface area contributed by atoms with Crippen LogP contribution in [0.25, 0.3) is 0 Å². The molecule has 0 aliphatic heterocycles. The zero-order valence-electron chi connectivity index (χ0n) is 11.4. The minimum absolute atomic E-state index is 0.0292. The second kappa shape index (κ2) is 5.90. The summed E-state index contributed by atoms with van der Waals surface area (Å²) in [6.45, 7) is 1.98. The van der Waals surface area contributed by atoms with E-state index in [1.54, 1.807) is 13.1 Å². The molecule has 6 nitrogen and oxygen atoms in total. The summed E-state index contributed by atoms with van der Waals surface area (Å²) in [6, 6.07) is 5.15. The van der Waals surface area contributed by atoms with Crippen LogP contribution in [0.15, 0.2) is 24.4 Å². The standard InChI is InChI=1S/C14H19N3O3/c1-14(12(18)19,10-5-6-10)17-13(20)16-9-7-11-4-2-3-8-15-11/h2-4,8,10H,5-7,9H2,1H3,(H,18,19)(H2,16,17,20). The number of hydrogen-bond donors (Lipinski definition) is 3. The Kier molecular flexibility index (Phi) is 4.22. The molecule has 0 bridgehead atoms. The van der Waals surface area contributed by atoms with Gasteiger partial charge >= 0.3 is 12.0 Å². The smallest absolute Gasteiger partial charge is 0.329 e. The number of carboxylic acid groups (broad SMARTS) is 1. The lowest BCUT2D eigenvalue weighted by molar-refractivity contribution is -0.144. The lowest BCUT2D eigenvalue weighted by atomic mass is 9.96. The molecule has 1 saturated carbocycles. The van der Waals surface area contributed by atoms with Gasteiger partial charge in [0, 0.05) is 24.9 Å². The van der Waals surface area contributed by atoms with Crippen molar-refractivity contribution < 1.29 is 14.7 Å². The van der Waals surface area contributed by atoms with E-state index >= 15 is 0 Å². The predicted molar refractivity (Wildman–Crippen MR) is 73.2 cm³/mol. The van der Waals surface area contributed by atoms with E-state index in [-0.39, 0.29) is 5.92 Å². The van der Waals surface area contributed by atoms with Gasteiger partial charge in [-0.2, -0.15) is 0 Å². The molecule has 20 heavy (non-hydrogen) atoms. The number of pyridine rings is 1. The van der Waals surface area contributed by atoms with E-state index in [4.69, 9.17) is 0 Å². The highest BCUT2D eigenvalue weighted by Crippen LogP contribution is 2.39. The van der Waals surface area contributed by atoms with Gasteiger partial charge in [0.1, 0.15) is 5.54 Å². The van der Waals surface area contributed by atoms with Crippen LogP contribution in [0.2, 0.25) is 0 Å². The molecule has 0 saturated heterocycles. The Morgan fingerprint density at radius 3 is 2.75 bits per heavy atom. The summed E-state index contributed by atoms with van der Waals surface area (Å²) < 4.78 is 0. The van der Waals surface area contributed by atoms with E-state index in [1.807, 2.05) is 18.2 Å². The number of urea groups is 1. The van der Waals surface area contributed by atoms with Crippen LogP contribution in [0.4, 0.5) is 4.79 Å². The van der Waals surface area contributed by atoms with E-state index in [9.17, 15) is 14.7 Å². The quantitative estimate of drug-likeness (QED) is 0.728. The van der Waals surface area contributed by atoms with Crippen LogP contribution < -0.4 is 10.6 Å². The van der Waals surface area contributed by atoms with Crippen molar-refractivity contribution in [1.82, 2.24) is 15.6 Å². The molecular formula is C14H19N3O3. The minimum Gasteiger partial charge on any atom is -0.480 e.